The molecule has 0 aromatic carbocycles. The van der Waals surface area contributed by atoms with Crippen molar-refractivity contribution < 1.29 is 4.79 Å². The normalized spacial score (nSPS) is 21.0. The lowest BCUT2D eigenvalue weighted by molar-refractivity contribution is 0.0739. The molecule has 0 fully saturated rings. The predicted octanol–water partition coefficient (Wildman–Crippen LogP) is 2.79. The van der Waals surface area contributed by atoms with E-state index in [-0.39, 0.29) is 5.91 Å². The minimum atomic E-state index is 0.189. The number of aryl methyl sites for hydroxylation is 1. The van der Waals surface area contributed by atoms with Crippen molar-refractivity contribution in [2.45, 2.75) is 39.2 Å². The van der Waals surface area contributed by atoms with Gasteiger partial charge in [-0.15, -0.1) is 11.3 Å². The summed E-state index contributed by atoms with van der Waals surface area (Å²) in [5, 5.41) is 7.09. The maximum atomic E-state index is 12.7. The molecule has 0 spiro atoms. The monoisotopic (exact) mass is 301 g/mol. The van der Waals surface area contributed by atoms with E-state index >= 15 is 0 Å². The number of nitrogens with zero attached hydrogens (tertiary/aromatic N) is 2. The summed E-state index contributed by atoms with van der Waals surface area (Å²) in [4.78, 5) is 17.0. The summed E-state index contributed by atoms with van der Waals surface area (Å²) >= 11 is 1.71. The molecule has 2 aliphatic rings. The van der Waals surface area contributed by atoms with Gasteiger partial charge < -0.3 is 4.90 Å². The molecule has 3 heterocycles. The molecule has 1 atom stereocenters. The van der Waals surface area contributed by atoms with E-state index in [1.165, 1.54) is 22.6 Å². The van der Waals surface area contributed by atoms with E-state index in [9.17, 15) is 4.79 Å². The fourth-order valence-electron chi connectivity index (χ4n) is 3.36. The zero-order chi connectivity index (χ0) is 14.4. The molecule has 2 aromatic heterocycles. The molecule has 0 unspecified atom stereocenters. The zero-order valence-electron chi connectivity index (χ0n) is 12.2. The van der Waals surface area contributed by atoms with Crippen molar-refractivity contribution in [3.05, 3.63) is 38.8 Å². The van der Waals surface area contributed by atoms with E-state index in [1.807, 2.05) is 11.1 Å². The molecule has 4 rings (SSSR count). The van der Waals surface area contributed by atoms with Gasteiger partial charge >= 0.3 is 0 Å². The molecule has 5 heteroatoms. The van der Waals surface area contributed by atoms with Crippen LogP contribution in [0.5, 0.6) is 0 Å². The van der Waals surface area contributed by atoms with E-state index < -0.39 is 0 Å². The lowest BCUT2D eigenvalue weighted by atomic mass is 9.90. The van der Waals surface area contributed by atoms with Gasteiger partial charge in [-0.3, -0.25) is 9.89 Å². The number of H-pyrrole nitrogens is 1. The van der Waals surface area contributed by atoms with Crippen molar-refractivity contribution >= 4 is 17.2 Å². The lowest BCUT2D eigenvalue weighted by Gasteiger charge is -2.26. The largest absolute Gasteiger partial charge is 0.333 e. The highest BCUT2D eigenvalue weighted by molar-refractivity contribution is 7.14. The molecule has 21 heavy (non-hydrogen) atoms. The second-order valence-corrected chi connectivity index (χ2v) is 7.39. The first kappa shape index (κ1) is 13.1. The van der Waals surface area contributed by atoms with Crippen molar-refractivity contribution in [3.63, 3.8) is 0 Å². The lowest BCUT2D eigenvalue weighted by Crippen LogP contribution is -2.35. The number of amides is 1. The first-order valence-electron chi connectivity index (χ1n) is 7.62. The average Bonchev–Trinajstić information content (AvgIpc) is 3.11. The number of hydrogen-bond donors (Lipinski definition) is 1. The minimum absolute atomic E-state index is 0.189. The van der Waals surface area contributed by atoms with Crippen LogP contribution in [0.4, 0.5) is 0 Å². The SMILES string of the molecule is C[C@@H]1CCc2sc(C(=O)N3CCc4[nH]ncc4C3)cc2C1. The summed E-state index contributed by atoms with van der Waals surface area (Å²) in [7, 11) is 0. The van der Waals surface area contributed by atoms with Crippen molar-refractivity contribution in [1.82, 2.24) is 15.1 Å². The first-order valence-corrected chi connectivity index (χ1v) is 8.44. The Bertz CT molecular complexity index is 688. The molecular formula is C16H19N3OS. The van der Waals surface area contributed by atoms with Crippen molar-refractivity contribution in [2.24, 2.45) is 5.92 Å². The molecule has 110 valence electrons. The Morgan fingerprint density at radius 3 is 3.24 bits per heavy atom. The van der Waals surface area contributed by atoms with Crippen molar-refractivity contribution in [2.75, 3.05) is 6.54 Å². The van der Waals surface area contributed by atoms with Crippen LogP contribution in [-0.2, 0) is 25.8 Å². The number of aromatic amines is 1. The van der Waals surface area contributed by atoms with Gasteiger partial charge in [-0.25, -0.2) is 0 Å². The van der Waals surface area contributed by atoms with E-state index in [0.717, 1.165) is 42.2 Å². The summed E-state index contributed by atoms with van der Waals surface area (Å²) in [6.45, 7) is 3.77. The Morgan fingerprint density at radius 2 is 2.33 bits per heavy atom. The quantitative estimate of drug-likeness (QED) is 0.880. The van der Waals surface area contributed by atoms with Gasteiger partial charge in [0.1, 0.15) is 0 Å². The number of aromatic nitrogens is 2. The third kappa shape index (κ3) is 2.29. The zero-order valence-corrected chi connectivity index (χ0v) is 13.0. The van der Waals surface area contributed by atoms with Gasteiger partial charge in [0.15, 0.2) is 0 Å². The molecule has 1 amide bonds. The van der Waals surface area contributed by atoms with Gasteiger partial charge in [-0.2, -0.15) is 5.10 Å². The van der Waals surface area contributed by atoms with Gasteiger partial charge in [0, 0.05) is 35.6 Å². The number of carbonyl (C=O) groups excluding carboxylic acids is 1. The van der Waals surface area contributed by atoms with Gasteiger partial charge in [-0.05, 0) is 36.8 Å². The Hall–Kier alpha value is -1.62. The maximum absolute atomic E-state index is 12.7. The minimum Gasteiger partial charge on any atom is -0.333 e. The van der Waals surface area contributed by atoms with Crippen LogP contribution in [0.1, 0.15) is 44.7 Å². The number of rotatable bonds is 1. The van der Waals surface area contributed by atoms with E-state index in [0.29, 0.717) is 6.54 Å². The number of thiophene rings is 1. The second-order valence-electron chi connectivity index (χ2n) is 6.26. The fourth-order valence-corrected chi connectivity index (χ4v) is 4.54. The number of carbonyl (C=O) groups is 1. The van der Waals surface area contributed by atoms with Gasteiger partial charge in [0.25, 0.3) is 5.91 Å². The Labute approximate surface area is 128 Å². The summed E-state index contributed by atoms with van der Waals surface area (Å²) in [6.07, 6.45) is 6.24. The van der Waals surface area contributed by atoms with Crippen LogP contribution >= 0.6 is 11.3 Å². The summed E-state index contributed by atoms with van der Waals surface area (Å²) in [6, 6.07) is 2.14. The molecule has 1 aliphatic heterocycles. The molecule has 4 nitrogen and oxygen atoms in total. The number of fused-ring (bicyclic) bond motifs is 2. The highest BCUT2D eigenvalue weighted by atomic mass is 32.1. The third-order valence-corrected chi connectivity index (χ3v) is 5.85. The van der Waals surface area contributed by atoms with Gasteiger partial charge in [0.05, 0.1) is 11.1 Å². The molecule has 1 aliphatic carbocycles. The molecule has 2 aromatic rings. The summed E-state index contributed by atoms with van der Waals surface area (Å²) in [5.41, 5.74) is 3.74. The van der Waals surface area contributed by atoms with Crippen LogP contribution in [0.25, 0.3) is 0 Å². The molecule has 0 saturated carbocycles. The van der Waals surface area contributed by atoms with Crippen molar-refractivity contribution in [3.8, 4) is 0 Å². The van der Waals surface area contributed by atoms with Crippen LogP contribution in [-0.4, -0.2) is 27.5 Å². The van der Waals surface area contributed by atoms with Crippen LogP contribution in [0.3, 0.4) is 0 Å². The van der Waals surface area contributed by atoms with Crippen LogP contribution in [0.15, 0.2) is 12.3 Å². The number of nitrogens with one attached hydrogen (secondary N) is 1. The Balaban J connectivity index is 1.56. The molecule has 0 radical (unpaired) electrons. The Morgan fingerprint density at radius 1 is 1.43 bits per heavy atom. The topological polar surface area (TPSA) is 49.0 Å². The molecular weight excluding hydrogens is 282 g/mol. The maximum Gasteiger partial charge on any atom is 0.264 e. The summed E-state index contributed by atoms with van der Waals surface area (Å²) < 4.78 is 0. The number of hydrogen-bond acceptors (Lipinski definition) is 3. The van der Waals surface area contributed by atoms with E-state index in [2.05, 4.69) is 23.2 Å². The smallest absolute Gasteiger partial charge is 0.264 e. The average molecular weight is 301 g/mol. The predicted molar refractivity (Wildman–Crippen MR) is 82.5 cm³/mol. The second kappa shape index (κ2) is 4.98. The first-order chi connectivity index (χ1) is 10.2. The molecule has 1 N–H and O–H groups in total. The third-order valence-electron chi connectivity index (χ3n) is 4.63. The standard InChI is InChI=1S/C16H19N3OS/c1-10-2-3-14-11(6-10)7-15(21-14)16(20)19-5-4-13-12(9-19)8-17-18-13/h7-8,10H,2-6,9H2,1H3,(H,17,18)/t10-/m1/s1. The van der Waals surface area contributed by atoms with Gasteiger partial charge in [0.2, 0.25) is 0 Å². The van der Waals surface area contributed by atoms with E-state index in [4.69, 9.17) is 0 Å². The highest BCUT2D eigenvalue weighted by Crippen LogP contribution is 2.33. The van der Waals surface area contributed by atoms with Gasteiger partial charge in [-0.1, -0.05) is 6.92 Å². The van der Waals surface area contributed by atoms with Crippen LogP contribution in [0.2, 0.25) is 0 Å². The van der Waals surface area contributed by atoms with Crippen LogP contribution in [0, 0.1) is 5.92 Å². The molecule has 0 saturated heterocycles. The van der Waals surface area contributed by atoms with E-state index in [1.54, 1.807) is 11.3 Å². The van der Waals surface area contributed by atoms with Crippen LogP contribution < -0.4 is 0 Å². The summed E-state index contributed by atoms with van der Waals surface area (Å²) in [5.74, 6) is 0.937. The van der Waals surface area contributed by atoms with Crippen molar-refractivity contribution in [1.29, 1.82) is 0 Å². The highest BCUT2D eigenvalue weighted by Gasteiger charge is 2.26. The Kier molecular flexibility index (Phi) is 3.10. The fraction of sp³-hybridized carbons (Fsp3) is 0.500. The molecule has 0 bridgehead atoms.